The third kappa shape index (κ3) is 35.3. The molecule has 27 heteroatoms. The van der Waals surface area contributed by atoms with Crippen LogP contribution in [0.25, 0.3) is 0 Å². The first-order valence-corrected chi connectivity index (χ1v) is 34.3. The number of nitrogens with two attached hydrogens (primary N) is 1. The molecule has 86 heavy (non-hydrogen) atoms. The van der Waals surface area contributed by atoms with Gasteiger partial charge in [0.15, 0.2) is 5.78 Å². The highest BCUT2D eigenvalue weighted by Crippen LogP contribution is 2.27. The zero-order chi connectivity index (χ0) is 64.3. The van der Waals surface area contributed by atoms with E-state index >= 15 is 0 Å². The van der Waals surface area contributed by atoms with E-state index in [0.29, 0.717) is 89.7 Å². The van der Waals surface area contributed by atoms with Gasteiger partial charge in [0.25, 0.3) is 1.45 Å². The van der Waals surface area contributed by atoms with Gasteiger partial charge in [-0.15, -0.1) is 0 Å². The molecule has 0 aromatic carbocycles. The molecule has 7 N–H and O–H groups in total. The Balaban J connectivity index is 0.000000506. The van der Waals surface area contributed by atoms with E-state index in [1.165, 1.54) is 50.8 Å². The second kappa shape index (κ2) is 45.7. The Hall–Kier alpha value is -1.55. The quantitative estimate of drug-likeness (QED) is 0.0716. The lowest BCUT2D eigenvalue weighted by molar-refractivity contribution is -0.121. The second-order valence-corrected chi connectivity index (χ2v) is 26.6. The predicted octanol–water partition coefficient (Wildman–Crippen LogP) is 5.47. The maximum Gasteiger partial charge on any atom is 0.376 e. The summed E-state index contributed by atoms with van der Waals surface area (Å²) in [6.07, 6.45) is 20.5. The second-order valence-electron chi connectivity index (χ2n) is 25.5. The first-order chi connectivity index (χ1) is 40.8. The van der Waals surface area contributed by atoms with Crippen molar-refractivity contribution >= 4 is 102 Å². The number of allylic oxidation sites excluding steroid dienone is 1. The molecular formula is C59H114B5Br2FN8O11. The average Bonchev–Trinajstić information content (AvgIpc) is 4.25. The van der Waals surface area contributed by atoms with Crippen molar-refractivity contribution in [2.45, 2.75) is 183 Å². The van der Waals surface area contributed by atoms with Crippen LogP contribution in [0, 0.1) is 29.6 Å². The van der Waals surface area contributed by atoms with Gasteiger partial charge in [-0.3, -0.25) is 33.6 Å². The highest BCUT2D eigenvalue weighted by atomic mass is 79.9. The lowest BCUT2D eigenvalue weighted by Crippen LogP contribution is -2.43. The Morgan fingerprint density at radius 3 is 1.21 bits per heavy atom. The molecule has 0 aliphatic carbocycles. The van der Waals surface area contributed by atoms with Crippen molar-refractivity contribution < 1.29 is 58.6 Å². The Bertz CT molecular complexity index is 1880. The highest BCUT2D eigenvalue weighted by molar-refractivity contribution is 9.09. The standard InChI is InChI=1S/2C9H17BBrNO2.C9H18BNO2.C9H16BNO2.C8H16N2.C8H13NO.C6H12BNO2.CH4.FH/c2*1-10(14)12-4-2-8(3-5-12)6-9(13)7-11;2*1-8(12)7-9-3-5-11(6-4-9)10(2)13;9-8-5-7-1-3-10(6-8)4-2-7;10-8-5-7-1-3-9(6-8)4-2-7;1-7(10)8-4-2-6(9)3-5-8;;/h2*8,14H,2-7H2,1H3;9,13H,3-7H2,1-2H3;7,13H,3-6H2,1-2H3;7-8H,1-6,9H2;7H,1-6H2;10H,2-5H2,1H3;1H4;1H/i/hT. The van der Waals surface area contributed by atoms with Crippen LogP contribution in [0.2, 0.25) is 34.1 Å². The molecule has 1 atom stereocenters. The van der Waals surface area contributed by atoms with Crippen LogP contribution >= 0.6 is 31.9 Å². The number of fused-ring (bicyclic) bond motifs is 8. The molecule has 0 radical (unpaired) electrons. The smallest absolute Gasteiger partial charge is 0.376 e. The van der Waals surface area contributed by atoms with Crippen molar-refractivity contribution in [1.82, 2.24) is 33.9 Å². The van der Waals surface area contributed by atoms with E-state index in [4.69, 9.17) is 15.5 Å². The summed E-state index contributed by atoms with van der Waals surface area (Å²) in [6, 6.07) is 0.468. The van der Waals surface area contributed by atoms with Crippen LogP contribution in [0.5, 0.6) is 0 Å². The topological polar surface area (TPSA) is 252 Å². The molecule has 11 heterocycles. The number of halogens is 3. The van der Waals surface area contributed by atoms with E-state index in [1.54, 1.807) is 54.0 Å². The lowest BCUT2D eigenvalue weighted by atomic mass is 9.80. The number of nitrogens with zero attached hydrogens (tertiary/aromatic N) is 7. The summed E-state index contributed by atoms with van der Waals surface area (Å²) in [5.41, 5.74) is 7.13. The summed E-state index contributed by atoms with van der Waals surface area (Å²) in [4.78, 5) is 80.7. The zero-order valence-corrected chi connectivity index (χ0v) is 56.3. The third-order valence-corrected chi connectivity index (χ3v) is 19.4. The van der Waals surface area contributed by atoms with Crippen LogP contribution in [-0.4, -0.2) is 252 Å². The predicted molar refractivity (Wildman–Crippen MR) is 359 cm³/mol. The largest absolute Gasteiger partial charge is 0.437 e. The summed E-state index contributed by atoms with van der Waals surface area (Å²) in [6.45, 7) is 27.6. The van der Waals surface area contributed by atoms with Gasteiger partial charge in [0.2, 0.25) is 0 Å². The van der Waals surface area contributed by atoms with Gasteiger partial charge in [-0.2, -0.15) is 0 Å². The van der Waals surface area contributed by atoms with E-state index in [1.807, 2.05) is 9.62 Å². The number of hydrogen-bond acceptors (Lipinski definition) is 19. The number of carbonyl (C=O) groups excluding carboxylic acids is 6. The van der Waals surface area contributed by atoms with Crippen molar-refractivity contribution in [3.63, 3.8) is 0 Å². The maximum absolute atomic E-state index is 11.2. The van der Waals surface area contributed by atoms with Crippen LogP contribution in [0.15, 0.2) is 11.6 Å². The van der Waals surface area contributed by atoms with E-state index in [-0.39, 0.29) is 47.2 Å². The Labute approximate surface area is 538 Å². The van der Waals surface area contributed by atoms with Gasteiger partial charge in [-0.05, 0) is 259 Å². The molecule has 11 fully saturated rings. The van der Waals surface area contributed by atoms with Crippen LogP contribution in [0.1, 0.15) is 143 Å². The molecular weight excluding hydrogens is 1230 g/mol. The summed E-state index contributed by atoms with van der Waals surface area (Å²) in [5.74, 6) is 5.05. The Kier molecular flexibility index (Phi) is 42.8. The number of carbonyl (C=O) groups is 6. The third-order valence-electron chi connectivity index (χ3n) is 18.2. The molecule has 11 aliphatic heterocycles. The van der Waals surface area contributed by atoms with Crippen LogP contribution in [-0.2, 0) is 28.8 Å². The van der Waals surface area contributed by atoms with Crippen LogP contribution in [0.3, 0.4) is 0 Å². The van der Waals surface area contributed by atoms with Crippen molar-refractivity contribution in [3.05, 3.63) is 11.6 Å². The van der Waals surface area contributed by atoms with Crippen molar-refractivity contribution in [2.24, 2.45) is 35.3 Å². The number of Topliss-reactive ketones (excluding diaryl/α,β-unsaturated/α-hetero) is 5. The molecule has 0 amide bonds. The lowest BCUT2D eigenvalue weighted by Gasteiger charge is -2.32. The summed E-state index contributed by atoms with van der Waals surface area (Å²) < 4.78 is 13.0. The van der Waals surface area contributed by atoms with Crippen LogP contribution in [0.4, 0.5) is 4.72 Å². The molecule has 0 aromatic rings. The first kappa shape index (κ1) is 80.5. The number of alkyl halides is 2. The number of piperidine rings is 7. The fourth-order valence-electron chi connectivity index (χ4n) is 12.7. The van der Waals surface area contributed by atoms with Gasteiger partial charge in [-0.25, -0.2) is 0 Å². The fourth-order valence-corrected chi connectivity index (χ4v) is 13.2. The van der Waals surface area contributed by atoms with Crippen molar-refractivity contribution in [2.75, 3.05) is 115 Å². The average molecular weight is 1350 g/mol. The molecule has 0 spiro atoms. The van der Waals surface area contributed by atoms with E-state index < -0.39 is 7.05 Å². The Morgan fingerprint density at radius 2 is 0.860 bits per heavy atom. The van der Waals surface area contributed by atoms with Gasteiger partial charge >= 0.3 is 35.3 Å². The molecule has 0 saturated carbocycles. The minimum atomic E-state index is -0.395. The van der Waals surface area contributed by atoms with Crippen molar-refractivity contribution in [3.8, 4) is 0 Å². The van der Waals surface area contributed by atoms with Gasteiger partial charge in [0.05, 0.1) is 17.2 Å². The number of rotatable bonds is 14. The molecule has 11 rings (SSSR count). The zero-order valence-electron chi connectivity index (χ0n) is 54.1. The molecule has 492 valence electrons. The van der Waals surface area contributed by atoms with E-state index in [2.05, 4.69) is 57.5 Å². The minimum absolute atomic E-state index is 0. The van der Waals surface area contributed by atoms with E-state index in [9.17, 15) is 48.9 Å². The van der Waals surface area contributed by atoms with Crippen LogP contribution < -0.4 is 5.73 Å². The fraction of sp³-hybridized carbons (Fsp3) is 0.864. The van der Waals surface area contributed by atoms with Gasteiger partial charge in [0.1, 0.15) is 28.9 Å². The SMILES string of the molecule is C.CB(O)N1CCC(=CC(C)=O)CC1.CB(O)N1CCC(=O)CC1.CB(O)N1CCC(CC(=O)CBr)CC1.CB(O)N1CCC(CC(=O)CBr)CC1.CB(O)N1CCC(CC(C)=O)CC1.NC1CC2CCN(CC2)C1.O=C1CC2CCN(CC2)C1.[3H]F. The normalized spacial score (nSPS) is 24.9. The molecule has 0 aromatic heterocycles. The first-order valence-electron chi connectivity index (χ1n) is 32.4. The number of hydrogen-bond donors (Lipinski definition) is 6. The molecule has 11 aliphatic rings. The molecule has 11 saturated heterocycles. The summed E-state index contributed by atoms with van der Waals surface area (Å²) in [7, 11) is -1.78. The molecule has 4 bridgehead atoms. The molecule has 1 unspecified atom stereocenters. The number of ketones is 6. The molecule has 19 nitrogen and oxygen atoms in total. The van der Waals surface area contributed by atoms with E-state index in [0.717, 1.165) is 161 Å². The minimum Gasteiger partial charge on any atom is -0.437 e. The monoisotopic (exact) mass is 1340 g/mol. The van der Waals surface area contributed by atoms with Crippen molar-refractivity contribution in [1.29, 1.82) is 1.45 Å². The maximum atomic E-state index is 11.2. The van der Waals surface area contributed by atoms with Gasteiger partial charge in [-0.1, -0.05) is 44.9 Å². The summed E-state index contributed by atoms with van der Waals surface area (Å²) >= 11 is 6.35. The van der Waals surface area contributed by atoms with Gasteiger partial charge in [0, 0.05) is 51.1 Å². The van der Waals surface area contributed by atoms with Gasteiger partial charge < -0.3 is 64.6 Å². The summed E-state index contributed by atoms with van der Waals surface area (Å²) in [5, 5.41) is 47.3. The highest BCUT2D eigenvalue weighted by Gasteiger charge is 2.30. The Morgan fingerprint density at radius 1 is 0.523 bits per heavy atom.